The smallest absolute Gasteiger partial charge is 0.160 e. The summed E-state index contributed by atoms with van der Waals surface area (Å²) >= 11 is 0. The van der Waals surface area contributed by atoms with Crippen LogP contribution in [0.15, 0.2) is 18.2 Å². The van der Waals surface area contributed by atoms with Crippen molar-refractivity contribution in [2.45, 2.75) is 5.15 Å². The molecular weight excluding hydrogens is 247 g/mol. The van der Waals surface area contributed by atoms with E-state index in [0.29, 0.717) is 30.2 Å². The molecule has 0 aliphatic heterocycles. The van der Waals surface area contributed by atoms with E-state index >= 15 is 0 Å². The van der Waals surface area contributed by atoms with Crippen molar-refractivity contribution in [1.82, 2.24) is 0 Å². The second-order valence-corrected chi connectivity index (χ2v) is 5.75. The number of benzene rings is 1. The molecule has 0 fully saturated rings. The van der Waals surface area contributed by atoms with Crippen molar-refractivity contribution in [3.63, 3.8) is 0 Å². The average Bonchev–Trinajstić information content (AvgIpc) is 2.16. The highest BCUT2D eigenvalue weighted by atomic mass is 31.1. The first-order valence-electron chi connectivity index (χ1n) is 4.73. The molecule has 2 unspecified atom stereocenters. The summed E-state index contributed by atoms with van der Waals surface area (Å²) in [5.41, 5.74) is 6.57. The predicted octanol–water partition coefficient (Wildman–Crippen LogP) is 2.12. The summed E-state index contributed by atoms with van der Waals surface area (Å²) in [7, 11) is 5.78. The van der Waals surface area contributed by atoms with Gasteiger partial charge in [-0.05, 0) is 12.1 Å². The van der Waals surface area contributed by atoms with Gasteiger partial charge >= 0.3 is 0 Å². The number of rotatable bonds is 5. The van der Waals surface area contributed by atoms with Gasteiger partial charge < -0.3 is 15.2 Å². The lowest BCUT2D eigenvalue weighted by atomic mass is 10.2. The van der Waals surface area contributed by atoms with E-state index in [-0.39, 0.29) is 0 Å². The second-order valence-electron chi connectivity index (χ2n) is 3.40. The van der Waals surface area contributed by atoms with Crippen LogP contribution in [0.5, 0.6) is 5.75 Å². The number of ether oxygens (including phenoxy) is 2. The Balaban J connectivity index is 2.82. The van der Waals surface area contributed by atoms with Crippen LogP contribution in [-0.2, 0) is 9.89 Å². The largest absolute Gasteiger partial charge is 0.491 e. The van der Waals surface area contributed by atoms with Gasteiger partial charge in [0.15, 0.2) is 5.15 Å². The van der Waals surface area contributed by atoms with Crippen LogP contribution in [0, 0.1) is 0 Å². The van der Waals surface area contributed by atoms with Crippen molar-refractivity contribution >= 4 is 24.2 Å². The van der Waals surface area contributed by atoms with Crippen molar-refractivity contribution in [2.24, 2.45) is 0 Å². The lowest BCUT2D eigenvalue weighted by Crippen LogP contribution is -2.07. The molecule has 3 nitrogen and oxygen atoms in total. The summed E-state index contributed by atoms with van der Waals surface area (Å²) in [4.78, 5) is 0. The maximum atomic E-state index is 13.7. The highest BCUT2D eigenvalue weighted by Gasteiger charge is 2.20. The first-order valence-corrected chi connectivity index (χ1v) is 5.88. The lowest BCUT2D eigenvalue weighted by Gasteiger charge is -2.16. The van der Waals surface area contributed by atoms with Crippen molar-refractivity contribution in [3.05, 3.63) is 23.8 Å². The Hall–Kier alpha value is -0.430. The van der Waals surface area contributed by atoms with Gasteiger partial charge in [0.05, 0.1) is 6.61 Å². The molecule has 1 rings (SSSR count). The van der Waals surface area contributed by atoms with E-state index in [4.69, 9.17) is 15.2 Å². The van der Waals surface area contributed by atoms with Crippen LogP contribution in [0.25, 0.3) is 0 Å². The number of alkyl halides is 1. The van der Waals surface area contributed by atoms with E-state index in [0.717, 1.165) is 0 Å². The maximum Gasteiger partial charge on any atom is 0.160 e. The predicted molar refractivity (Wildman–Crippen MR) is 70.4 cm³/mol. The number of hydrogen-bond donors (Lipinski definition) is 1. The van der Waals surface area contributed by atoms with Gasteiger partial charge in [-0.25, -0.2) is 4.39 Å². The minimum absolute atomic E-state index is 0.409. The minimum atomic E-state index is -1.59. The molecule has 0 spiro atoms. The molecule has 1 aromatic carbocycles. The van der Waals surface area contributed by atoms with Crippen LogP contribution in [0.3, 0.4) is 0 Å². The Morgan fingerprint density at radius 1 is 1.31 bits per heavy atom. The van der Waals surface area contributed by atoms with Crippen LogP contribution in [0.1, 0.15) is 5.56 Å². The second kappa shape index (κ2) is 5.77. The fourth-order valence-corrected chi connectivity index (χ4v) is 1.50. The number of nitrogens with two attached hydrogens (primary N) is 1. The molecule has 1 aromatic rings. The SMILES string of the molecule is COCCOc1cc(N)cc(C(F)(P)P)c1. The first kappa shape index (κ1) is 13.6. The Labute approximate surface area is 99.3 Å². The lowest BCUT2D eigenvalue weighted by molar-refractivity contribution is 0.146. The standard InChI is InChI=1S/C10H16FNO2P2/c1-13-2-3-14-9-5-7(10(11,15)16)4-8(12)6-9/h4-6H,2-3,12,15-16H2,1H3. The molecule has 90 valence electrons. The quantitative estimate of drug-likeness (QED) is 0.503. The summed E-state index contributed by atoms with van der Waals surface area (Å²) in [5.74, 6) is 0.541. The van der Waals surface area contributed by atoms with E-state index < -0.39 is 5.15 Å². The van der Waals surface area contributed by atoms with Gasteiger partial charge in [-0.15, -0.1) is 0 Å². The Morgan fingerprint density at radius 2 is 2.00 bits per heavy atom. The molecule has 0 saturated heterocycles. The number of nitrogen functional groups attached to an aromatic ring is 1. The van der Waals surface area contributed by atoms with Gasteiger partial charge in [0.25, 0.3) is 0 Å². The van der Waals surface area contributed by atoms with Gasteiger partial charge in [-0.1, -0.05) is 18.5 Å². The molecule has 2 atom stereocenters. The highest BCUT2D eigenvalue weighted by molar-refractivity contribution is 7.38. The number of methoxy groups -OCH3 is 1. The van der Waals surface area contributed by atoms with Crippen molar-refractivity contribution < 1.29 is 13.9 Å². The van der Waals surface area contributed by atoms with E-state index in [9.17, 15) is 4.39 Å². The molecule has 0 radical (unpaired) electrons. The zero-order valence-corrected chi connectivity index (χ0v) is 11.4. The fourth-order valence-electron chi connectivity index (χ4n) is 1.17. The Morgan fingerprint density at radius 3 is 2.56 bits per heavy atom. The number of hydrogen-bond acceptors (Lipinski definition) is 3. The third-order valence-corrected chi connectivity index (χ3v) is 2.59. The van der Waals surface area contributed by atoms with Gasteiger partial charge in [0.1, 0.15) is 12.4 Å². The van der Waals surface area contributed by atoms with E-state index in [1.807, 2.05) is 0 Å². The van der Waals surface area contributed by atoms with Gasteiger partial charge in [-0.3, -0.25) is 0 Å². The summed E-state index contributed by atoms with van der Waals surface area (Å²) in [6.07, 6.45) is 0. The summed E-state index contributed by atoms with van der Waals surface area (Å²) in [6, 6.07) is 4.84. The molecule has 0 aliphatic carbocycles. The van der Waals surface area contributed by atoms with Crippen LogP contribution in [0.4, 0.5) is 10.1 Å². The van der Waals surface area contributed by atoms with Crippen molar-refractivity contribution in [1.29, 1.82) is 0 Å². The van der Waals surface area contributed by atoms with Crippen LogP contribution >= 0.6 is 18.5 Å². The molecule has 2 N–H and O–H groups in total. The minimum Gasteiger partial charge on any atom is -0.491 e. The zero-order valence-electron chi connectivity index (χ0n) is 9.07. The Bertz CT molecular complexity index is 355. The van der Waals surface area contributed by atoms with Gasteiger partial charge in [0, 0.05) is 24.4 Å². The van der Waals surface area contributed by atoms with Crippen LogP contribution in [-0.4, -0.2) is 20.3 Å². The first-order chi connectivity index (χ1) is 7.43. The van der Waals surface area contributed by atoms with E-state index in [1.165, 1.54) is 0 Å². The normalized spacial score (nSPS) is 11.5. The molecule has 16 heavy (non-hydrogen) atoms. The summed E-state index contributed by atoms with van der Waals surface area (Å²) in [6.45, 7) is 0.888. The molecule has 0 aliphatic rings. The average molecular weight is 263 g/mol. The van der Waals surface area contributed by atoms with Crippen molar-refractivity contribution in [3.8, 4) is 5.75 Å². The topological polar surface area (TPSA) is 44.5 Å². The van der Waals surface area contributed by atoms with Gasteiger partial charge in [0.2, 0.25) is 0 Å². The van der Waals surface area contributed by atoms with Gasteiger partial charge in [-0.2, -0.15) is 0 Å². The highest BCUT2D eigenvalue weighted by Crippen LogP contribution is 2.41. The number of anilines is 1. The molecular formula is C10H16FNO2P2. The van der Waals surface area contributed by atoms with E-state index in [1.54, 1.807) is 25.3 Å². The summed E-state index contributed by atoms with van der Waals surface area (Å²) < 4.78 is 23.9. The van der Waals surface area contributed by atoms with Crippen LogP contribution in [0.2, 0.25) is 0 Å². The monoisotopic (exact) mass is 263 g/mol. The Kier molecular flexibility index (Phi) is 4.91. The van der Waals surface area contributed by atoms with Crippen molar-refractivity contribution in [2.75, 3.05) is 26.1 Å². The molecule has 0 saturated carbocycles. The molecule has 0 amide bonds. The van der Waals surface area contributed by atoms with E-state index in [2.05, 4.69) is 18.5 Å². The van der Waals surface area contributed by atoms with Crippen LogP contribution < -0.4 is 10.5 Å². The molecule has 0 aromatic heterocycles. The zero-order chi connectivity index (χ0) is 12.2. The molecule has 0 heterocycles. The fraction of sp³-hybridized carbons (Fsp3) is 0.400. The number of halogens is 1. The third kappa shape index (κ3) is 4.21. The third-order valence-electron chi connectivity index (χ3n) is 1.93. The summed E-state index contributed by atoms with van der Waals surface area (Å²) in [5, 5.41) is -1.59. The maximum absolute atomic E-state index is 13.7. The molecule has 0 bridgehead atoms. The molecule has 6 heteroatoms.